The number of imidazole rings is 1. The molecule has 0 aliphatic carbocycles. The fraction of sp³-hybridized carbons (Fsp3) is 0.276. The summed E-state index contributed by atoms with van der Waals surface area (Å²) < 4.78 is 44.2. The SMILES string of the molecule is N/C=C\N(N)CC(O)(CN1CCC(n2cnc(-c3ccc(F)cc3)c2-c2ccnc(N)n2)CC1)c1ccc(F)cc1F. The van der Waals surface area contributed by atoms with E-state index in [9.17, 15) is 18.3 Å². The molecular formula is C29H32F3N9O. The Labute approximate surface area is 240 Å². The van der Waals surface area contributed by atoms with Gasteiger partial charge in [0.15, 0.2) is 0 Å². The van der Waals surface area contributed by atoms with E-state index in [0.29, 0.717) is 37.3 Å². The molecule has 7 N–H and O–H groups in total. The van der Waals surface area contributed by atoms with Crippen molar-refractivity contribution in [1.82, 2.24) is 29.4 Å². The predicted molar refractivity (Wildman–Crippen MR) is 152 cm³/mol. The van der Waals surface area contributed by atoms with Gasteiger partial charge in [0.1, 0.15) is 23.1 Å². The van der Waals surface area contributed by atoms with Crippen LogP contribution in [0.5, 0.6) is 0 Å². The smallest absolute Gasteiger partial charge is 0.220 e. The van der Waals surface area contributed by atoms with Crippen molar-refractivity contribution in [3.05, 3.63) is 96.5 Å². The summed E-state index contributed by atoms with van der Waals surface area (Å²) in [6.07, 6.45) is 7.22. The van der Waals surface area contributed by atoms with E-state index in [-0.39, 0.29) is 36.5 Å². The third kappa shape index (κ3) is 6.22. The zero-order valence-electron chi connectivity index (χ0n) is 22.7. The second-order valence-electron chi connectivity index (χ2n) is 10.3. The van der Waals surface area contributed by atoms with E-state index >= 15 is 0 Å². The van der Waals surface area contributed by atoms with Crippen LogP contribution in [-0.4, -0.2) is 60.7 Å². The van der Waals surface area contributed by atoms with Gasteiger partial charge in [-0.05, 0) is 49.2 Å². The molecule has 2 aromatic heterocycles. The lowest BCUT2D eigenvalue weighted by molar-refractivity contribution is -0.0299. The van der Waals surface area contributed by atoms with Crippen LogP contribution in [0.2, 0.25) is 0 Å². The van der Waals surface area contributed by atoms with E-state index in [0.717, 1.165) is 28.4 Å². The number of hydrogen-bond donors (Lipinski definition) is 4. The highest BCUT2D eigenvalue weighted by Gasteiger charge is 2.37. The quantitative estimate of drug-likeness (QED) is 0.173. The van der Waals surface area contributed by atoms with Crippen molar-refractivity contribution < 1.29 is 18.3 Å². The summed E-state index contributed by atoms with van der Waals surface area (Å²) in [6.45, 7) is 0.991. The van der Waals surface area contributed by atoms with E-state index in [1.807, 2.05) is 9.47 Å². The fourth-order valence-corrected chi connectivity index (χ4v) is 5.49. The molecule has 1 unspecified atom stereocenters. The average Bonchev–Trinajstić information content (AvgIpc) is 3.39. The highest BCUT2D eigenvalue weighted by molar-refractivity contribution is 5.77. The molecule has 0 amide bonds. The van der Waals surface area contributed by atoms with Crippen LogP contribution in [0.4, 0.5) is 19.1 Å². The van der Waals surface area contributed by atoms with Crippen molar-refractivity contribution in [1.29, 1.82) is 0 Å². The maximum absolute atomic E-state index is 14.8. The van der Waals surface area contributed by atoms with Gasteiger partial charge in [-0.15, -0.1) is 0 Å². The summed E-state index contributed by atoms with van der Waals surface area (Å²) >= 11 is 0. The van der Waals surface area contributed by atoms with Gasteiger partial charge in [-0.25, -0.2) is 34.0 Å². The molecule has 220 valence electrons. The minimum atomic E-state index is -1.76. The van der Waals surface area contributed by atoms with Gasteiger partial charge < -0.3 is 26.1 Å². The molecule has 0 spiro atoms. The minimum absolute atomic E-state index is 0.0102. The van der Waals surface area contributed by atoms with Crippen LogP contribution < -0.4 is 17.3 Å². The number of nitrogens with zero attached hydrogens (tertiary/aromatic N) is 6. The van der Waals surface area contributed by atoms with Crippen molar-refractivity contribution in [2.75, 3.05) is 31.9 Å². The molecule has 0 radical (unpaired) electrons. The van der Waals surface area contributed by atoms with Crippen LogP contribution in [0, 0.1) is 17.5 Å². The van der Waals surface area contributed by atoms with Crippen LogP contribution in [0.25, 0.3) is 22.6 Å². The van der Waals surface area contributed by atoms with Crippen molar-refractivity contribution in [3.8, 4) is 22.6 Å². The van der Waals surface area contributed by atoms with Crippen LogP contribution in [0.3, 0.4) is 0 Å². The lowest BCUT2D eigenvalue weighted by atomic mass is 9.91. The summed E-state index contributed by atoms with van der Waals surface area (Å²) in [7, 11) is 0. The van der Waals surface area contributed by atoms with Crippen molar-refractivity contribution in [2.45, 2.75) is 24.5 Å². The second kappa shape index (κ2) is 12.2. The Balaban J connectivity index is 1.40. The third-order valence-corrected chi connectivity index (χ3v) is 7.42. The first-order valence-electron chi connectivity index (χ1n) is 13.4. The lowest BCUT2D eigenvalue weighted by Gasteiger charge is -2.40. The van der Waals surface area contributed by atoms with Gasteiger partial charge >= 0.3 is 0 Å². The standard InChI is InChI=1S/C29H32F3N9O/c30-20-3-1-19(2-4-20)26-27(25-7-11-36-28(34)38-25)41(18-37-26)22-8-12-39(13-9-22)16-29(42,17-40(35)14-10-33)23-6-5-21(31)15-24(23)32/h1-7,10-11,14-15,18,22,42H,8-9,12-13,16-17,33,35H2,(H2,34,36,38)/b14-10-. The molecule has 1 aliphatic heterocycles. The Morgan fingerprint density at radius 2 is 1.74 bits per heavy atom. The van der Waals surface area contributed by atoms with Crippen molar-refractivity contribution in [2.24, 2.45) is 11.6 Å². The van der Waals surface area contributed by atoms with Crippen molar-refractivity contribution >= 4 is 5.95 Å². The summed E-state index contributed by atoms with van der Waals surface area (Å²) in [5.41, 5.74) is 12.2. The molecular weight excluding hydrogens is 547 g/mol. The van der Waals surface area contributed by atoms with Crippen LogP contribution >= 0.6 is 0 Å². The van der Waals surface area contributed by atoms with Crippen molar-refractivity contribution in [3.63, 3.8) is 0 Å². The summed E-state index contributed by atoms with van der Waals surface area (Å²) in [6, 6.07) is 10.9. The molecule has 1 fully saturated rings. The van der Waals surface area contributed by atoms with Gasteiger partial charge in [0, 0.05) is 61.5 Å². The molecule has 2 aromatic carbocycles. The number of aliphatic hydroxyl groups is 1. The predicted octanol–water partition coefficient (Wildman–Crippen LogP) is 3.14. The van der Waals surface area contributed by atoms with Gasteiger partial charge in [-0.2, -0.15) is 0 Å². The Hall–Kier alpha value is -4.46. The number of nitrogen functional groups attached to an aromatic ring is 1. The topological polar surface area (TPSA) is 148 Å². The van der Waals surface area contributed by atoms with Gasteiger partial charge in [0.05, 0.1) is 30.0 Å². The first-order valence-corrected chi connectivity index (χ1v) is 13.4. The Morgan fingerprint density at radius 3 is 2.40 bits per heavy atom. The maximum Gasteiger partial charge on any atom is 0.220 e. The second-order valence-corrected chi connectivity index (χ2v) is 10.3. The number of rotatable bonds is 9. The maximum atomic E-state index is 14.8. The largest absolute Gasteiger partial charge is 0.403 e. The number of aromatic nitrogens is 4. The number of piperidine rings is 1. The molecule has 13 heteroatoms. The van der Waals surface area contributed by atoms with Crippen LogP contribution in [0.15, 0.2) is 73.5 Å². The third-order valence-electron chi connectivity index (χ3n) is 7.42. The fourth-order valence-electron chi connectivity index (χ4n) is 5.49. The molecule has 42 heavy (non-hydrogen) atoms. The monoisotopic (exact) mass is 579 g/mol. The summed E-state index contributed by atoms with van der Waals surface area (Å²) in [5.74, 6) is 4.13. The van der Waals surface area contributed by atoms with Crippen LogP contribution in [-0.2, 0) is 5.60 Å². The first kappa shape index (κ1) is 29.0. The number of likely N-dealkylation sites (tertiary alicyclic amines) is 1. The zero-order valence-corrected chi connectivity index (χ0v) is 22.7. The molecule has 3 heterocycles. The molecule has 4 aromatic rings. The summed E-state index contributed by atoms with van der Waals surface area (Å²) in [4.78, 5) is 15.1. The average molecular weight is 580 g/mol. The van der Waals surface area contributed by atoms with Gasteiger partial charge in [0.25, 0.3) is 0 Å². The van der Waals surface area contributed by atoms with E-state index in [1.54, 1.807) is 30.7 Å². The Bertz CT molecular complexity index is 1550. The number of anilines is 1. The molecule has 10 nitrogen and oxygen atoms in total. The Kier molecular flexibility index (Phi) is 8.43. The number of benzene rings is 2. The minimum Gasteiger partial charge on any atom is -0.403 e. The number of nitrogens with two attached hydrogens (primary N) is 3. The molecule has 1 atom stereocenters. The number of halogens is 3. The zero-order chi connectivity index (χ0) is 29.9. The molecule has 1 saturated heterocycles. The van der Waals surface area contributed by atoms with Gasteiger partial charge in [0.2, 0.25) is 5.95 Å². The number of hydrogen-bond acceptors (Lipinski definition) is 9. The van der Waals surface area contributed by atoms with Gasteiger partial charge in [-0.1, -0.05) is 6.07 Å². The molecule has 1 aliphatic rings. The Morgan fingerprint density at radius 1 is 1.02 bits per heavy atom. The lowest BCUT2D eigenvalue weighted by Crippen LogP contribution is -2.51. The van der Waals surface area contributed by atoms with E-state index < -0.39 is 17.2 Å². The van der Waals surface area contributed by atoms with Crippen LogP contribution in [0.1, 0.15) is 24.4 Å². The highest BCUT2D eigenvalue weighted by atomic mass is 19.1. The highest BCUT2D eigenvalue weighted by Crippen LogP contribution is 2.36. The molecule has 0 bridgehead atoms. The molecule has 5 rings (SSSR count). The molecule has 0 saturated carbocycles. The number of β-amino-alcohol motifs (C(OH)–C–C–N with tert-alkyl or cyclic N) is 1. The van der Waals surface area contributed by atoms with E-state index in [2.05, 4.69) is 15.0 Å². The van der Waals surface area contributed by atoms with E-state index in [4.69, 9.17) is 17.3 Å². The normalized spacial score (nSPS) is 16.1. The first-order chi connectivity index (χ1) is 20.2. The summed E-state index contributed by atoms with van der Waals surface area (Å²) in [5, 5.41) is 12.9. The van der Waals surface area contributed by atoms with Gasteiger partial charge in [-0.3, -0.25) is 4.90 Å². The number of hydrazine groups is 1. The van der Waals surface area contributed by atoms with E-state index in [1.165, 1.54) is 30.6 Å².